The molecule has 0 saturated heterocycles. The van der Waals surface area contributed by atoms with Crippen LogP contribution >= 0.6 is 15.9 Å². The van der Waals surface area contributed by atoms with Crippen LogP contribution in [0.4, 0.5) is 0 Å². The molecular formula is C12H13BrO2. The first-order valence-corrected chi connectivity index (χ1v) is 5.97. The number of Topliss-reactive ketones (excluding diaryl/α,β-unsaturated/α-hetero) is 1. The average molecular weight is 269 g/mol. The van der Waals surface area contributed by atoms with Crippen LogP contribution < -0.4 is 4.74 Å². The zero-order valence-corrected chi connectivity index (χ0v) is 10.00. The van der Waals surface area contributed by atoms with E-state index in [4.69, 9.17) is 4.74 Å². The normalized spacial score (nSPS) is 17.8. The van der Waals surface area contributed by atoms with Gasteiger partial charge in [-0.2, -0.15) is 0 Å². The van der Waals surface area contributed by atoms with Crippen LogP contribution in [-0.4, -0.2) is 11.9 Å². The summed E-state index contributed by atoms with van der Waals surface area (Å²) in [5.41, 5.74) is 0. The highest BCUT2D eigenvalue weighted by atomic mass is 79.9. The fraction of sp³-hybridized carbons (Fsp3) is 0.417. The summed E-state index contributed by atoms with van der Waals surface area (Å²) in [4.78, 5) is 11.0. The number of rotatable bonds is 2. The van der Waals surface area contributed by atoms with E-state index < -0.39 is 0 Å². The Kier molecular flexibility index (Phi) is 3.41. The minimum absolute atomic E-state index is 0.212. The Balaban J connectivity index is 1.91. The lowest BCUT2D eigenvalue weighted by molar-refractivity contribution is -0.121. The van der Waals surface area contributed by atoms with Gasteiger partial charge in [0.25, 0.3) is 0 Å². The van der Waals surface area contributed by atoms with Crippen molar-refractivity contribution in [2.75, 3.05) is 0 Å². The average Bonchev–Trinajstić information content (AvgIpc) is 2.25. The van der Waals surface area contributed by atoms with Crippen molar-refractivity contribution in [1.29, 1.82) is 0 Å². The number of halogens is 1. The highest BCUT2D eigenvalue weighted by Gasteiger charge is 2.19. The molecule has 3 heteroatoms. The topological polar surface area (TPSA) is 26.3 Å². The van der Waals surface area contributed by atoms with Crippen molar-refractivity contribution < 1.29 is 9.53 Å². The predicted octanol–water partition coefficient (Wildman–Crippen LogP) is 3.34. The second kappa shape index (κ2) is 4.79. The van der Waals surface area contributed by atoms with Gasteiger partial charge in [0.1, 0.15) is 11.5 Å². The highest BCUT2D eigenvalue weighted by Crippen LogP contribution is 2.23. The third-order valence-electron chi connectivity index (χ3n) is 2.61. The van der Waals surface area contributed by atoms with Crippen LogP contribution in [0.25, 0.3) is 0 Å². The van der Waals surface area contributed by atoms with Gasteiger partial charge in [0.2, 0.25) is 0 Å². The minimum Gasteiger partial charge on any atom is -0.490 e. The number of ether oxygens (including phenoxy) is 1. The Morgan fingerprint density at radius 1 is 1.13 bits per heavy atom. The molecule has 0 aromatic heterocycles. The Morgan fingerprint density at radius 2 is 1.73 bits per heavy atom. The number of hydrogen-bond donors (Lipinski definition) is 0. The van der Waals surface area contributed by atoms with Gasteiger partial charge in [0.05, 0.1) is 6.10 Å². The van der Waals surface area contributed by atoms with Gasteiger partial charge in [-0.1, -0.05) is 15.9 Å². The molecule has 2 rings (SSSR count). The highest BCUT2D eigenvalue weighted by molar-refractivity contribution is 9.10. The Morgan fingerprint density at radius 3 is 2.33 bits per heavy atom. The number of carbonyl (C=O) groups excluding carboxylic acids is 1. The molecule has 0 radical (unpaired) electrons. The van der Waals surface area contributed by atoms with Gasteiger partial charge < -0.3 is 4.74 Å². The number of carbonyl (C=O) groups is 1. The van der Waals surface area contributed by atoms with E-state index in [1.165, 1.54) is 0 Å². The number of hydrogen-bond acceptors (Lipinski definition) is 2. The van der Waals surface area contributed by atoms with E-state index in [0.717, 1.165) is 23.1 Å². The monoisotopic (exact) mass is 268 g/mol. The van der Waals surface area contributed by atoms with E-state index in [0.29, 0.717) is 18.6 Å². The van der Waals surface area contributed by atoms with E-state index in [2.05, 4.69) is 15.9 Å². The second-order valence-electron chi connectivity index (χ2n) is 3.81. The first-order chi connectivity index (χ1) is 7.24. The van der Waals surface area contributed by atoms with Gasteiger partial charge in [-0.3, -0.25) is 4.79 Å². The van der Waals surface area contributed by atoms with Crippen molar-refractivity contribution in [3.05, 3.63) is 28.7 Å². The van der Waals surface area contributed by atoms with Crippen LogP contribution in [0, 0.1) is 0 Å². The van der Waals surface area contributed by atoms with E-state index in [1.807, 2.05) is 24.3 Å². The lowest BCUT2D eigenvalue weighted by atomic mass is 9.96. The Labute approximate surface area is 97.8 Å². The molecule has 0 unspecified atom stereocenters. The van der Waals surface area contributed by atoms with Gasteiger partial charge in [0.15, 0.2) is 0 Å². The van der Waals surface area contributed by atoms with Crippen LogP contribution in [0.2, 0.25) is 0 Å². The maximum absolute atomic E-state index is 11.0. The van der Waals surface area contributed by atoms with E-state index in [1.54, 1.807) is 0 Å². The second-order valence-corrected chi connectivity index (χ2v) is 4.73. The van der Waals surface area contributed by atoms with Crippen molar-refractivity contribution >= 4 is 21.7 Å². The molecule has 1 aromatic carbocycles. The standard InChI is InChI=1S/C12H13BrO2/c13-9-1-5-11(6-2-9)15-12-7-3-10(14)4-8-12/h1-2,5-6,12H,3-4,7-8H2. The van der Waals surface area contributed by atoms with Crippen molar-refractivity contribution in [1.82, 2.24) is 0 Å². The fourth-order valence-electron chi connectivity index (χ4n) is 1.74. The van der Waals surface area contributed by atoms with Gasteiger partial charge in [0, 0.05) is 17.3 Å². The van der Waals surface area contributed by atoms with Crippen LogP contribution in [0.5, 0.6) is 5.75 Å². The largest absolute Gasteiger partial charge is 0.490 e. The Hall–Kier alpha value is -0.830. The van der Waals surface area contributed by atoms with Gasteiger partial charge >= 0.3 is 0 Å². The minimum atomic E-state index is 0.212. The van der Waals surface area contributed by atoms with Crippen molar-refractivity contribution in [3.8, 4) is 5.75 Å². The first kappa shape index (κ1) is 10.7. The molecule has 0 spiro atoms. The molecule has 0 N–H and O–H groups in total. The third-order valence-corrected chi connectivity index (χ3v) is 3.14. The SMILES string of the molecule is O=C1CCC(Oc2ccc(Br)cc2)CC1. The first-order valence-electron chi connectivity index (χ1n) is 5.18. The van der Waals surface area contributed by atoms with Crippen LogP contribution in [0.15, 0.2) is 28.7 Å². The summed E-state index contributed by atoms with van der Waals surface area (Å²) in [6.07, 6.45) is 3.26. The van der Waals surface area contributed by atoms with Gasteiger partial charge in [-0.15, -0.1) is 0 Å². The zero-order chi connectivity index (χ0) is 10.7. The zero-order valence-electron chi connectivity index (χ0n) is 8.41. The molecule has 1 fully saturated rings. The summed E-state index contributed by atoms with van der Waals surface area (Å²) in [6.45, 7) is 0. The third kappa shape index (κ3) is 3.06. The van der Waals surface area contributed by atoms with E-state index >= 15 is 0 Å². The molecule has 0 atom stereocenters. The maximum Gasteiger partial charge on any atom is 0.133 e. The summed E-state index contributed by atoms with van der Waals surface area (Å²) in [7, 11) is 0. The van der Waals surface area contributed by atoms with Crippen LogP contribution in [0.1, 0.15) is 25.7 Å². The summed E-state index contributed by atoms with van der Waals surface area (Å²) in [6, 6.07) is 7.81. The van der Waals surface area contributed by atoms with E-state index in [-0.39, 0.29) is 6.10 Å². The number of ketones is 1. The molecule has 1 aliphatic rings. The van der Waals surface area contributed by atoms with E-state index in [9.17, 15) is 4.79 Å². The molecule has 0 amide bonds. The summed E-state index contributed by atoms with van der Waals surface area (Å²) < 4.78 is 6.84. The summed E-state index contributed by atoms with van der Waals surface area (Å²) in [5.74, 6) is 1.25. The molecule has 2 nitrogen and oxygen atoms in total. The molecule has 0 bridgehead atoms. The van der Waals surface area contributed by atoms with Crippen molar-refractivity contribution in [3.63, 3.8) is 0 Å². The molecule has 80 valence electrons. The quantitative estimate of drug-likeness (QED) is 0.823. The lowest BCUT2D eigenvalue weighted by Gasteiger charge is -2.22. The number of benzene rings is 1. The van der Waals surface area contributed by atoms with Crippen LogP contribution in [0.3, 0.4) is 0 Å². The van der Waals surface area contributed by atoms with Crippen molar-refractivity contribution in [2.24, 2.45) is 0 Å². The molecule has 15 heavy (non-hydrogen) atoms. The summed E-state index contributed by atoms with van der Waals surface area (Å²) >= 11 is 3.38. The maximum atomic E-state index is 11.0. The molecular weight excluding hydrogens is 256 g/mol. The fourth-order valence-corrected chi connectivity index (χ4v) is 2.00. The molecule has 1 saturated carbocycles. The smallest absolute Gasteiger partial charge is 0.133 e. The van der Waals surface area contributed by atoms with Crippen LogP contribution in [-0.2, 0) is 4.79 Å². The predicted molar refractivity (Wildman–Crippen MR) is 62.0 cm³/mol. The summed E-state index contributed by atoms with van der Waals surface area (Å²) in [5, 5.41) is 0. The van der Waals surface area contributed by atoms with Crippen molar-refractivity contribution in [2.45, 2.75) is 31.8 Å². The Bertz CT molecular complexity index is 335. The lowest BCUT2D eigenvalue weighted by Crippen LogP contribution is -2.23. The molecule has 0 heterocycles. The van der Waals surface area contributed by atoms with Gasteiger partial charge in [-0.25, -0.2) is 0 Å². The molecule has 0 aliphatic heterocycles. The molecule has 1 aromatic rings. The van der Waals surface area contributed by atoms with Gasteiger partial charge in [-0.05, 0) is 37.1 Å². The molecule has 1 aliphatic carbocycles.